The van der Waals surface area contributed by atoms with Crippen molar-refractivity contribution in [3.63, 3.8) is 0 Å². The van der Waals surface area contributed by atoms with E-state index in [4.69, 9.17) is 4.42 Å². The third kappa shape index (κ3) is 2.33. The zero-order chi connectivity index (χ0) is 11.4. The molecular weight excluding hydrogens is 210 g/mol. The van der Waals surface area contributed by atoms with Gasteiger partial charge in [0.05, 0.1) is 12.5 Å². The van der Waals surface area contributed by atoms with E-state index < -0.39 is 0 Å². The second-order valence-electron chi connectivity index (χ2n) is 3.50. The molecule has 0 aromatic carbocycles. The fraction of sp³-hybridized carbons (Fsp3) is 0.400. The molecule has 0 aliphatic carbocycles. The van der Waals surface area contributed by atoms with E-state index in [2.05, 4.69) is 10.6 Å². The number of furan rings is 1. The molecule has 6 nitrogen and oxygen atoms in total. The van der Waals surface area contributed by atoms with Crippen molar-refractivity contribution in [2.45, 2.75) is 6.42 Å². The Morgan fingerprint density at radius 2 is 2.50 bits per heavy atom. The van der Waals surface area contributed by atoms with E-state index in [1.807, 2.05) is 6.07 Å². The lowest BCUT2D eigenvalue weighted by Gasteiger charge is -2.12. The van der Waals surface area contributed by atoms with Gasteiger partial charge in [0, 0.05) is 19.6 Å². The summed E-state index contributed by atoms with van der Waals surface area (Å²) in [6.07, 6.45) is 3.91. The highest BCUT2D eigenvalue weighted by Crippen LogP contribution is 2.00. The third-order valence-corrected chi connectivity index (χ3v) is 2.37. The van der Waals surface area contributed by atoms with Gasteiger partial charge in [0.25, 0.3) is 0 Å². The summed E-state index contributed by atoms with van der Waals surface area (Å²) in [6, 6.07) is 1.16. The number of hydrogen-bond donors (Lipinski definition) is 2. The maximum Gasteiger partial charge on any atom is 0.325 e. The van der Waals surface area contributed by atoms with E-state index in [-0.39, 0.29) is 12.1 Å². The standard InChI is InChI=1S/C10H13N3O3/c14-9(13-5-4-12-10(13)15)11-3-1-8-2-6-16-7-8/h2,6-7H,1,3-5H2,(H,11,14)(H,12,15). The number of hydrogen-bond acceptors (Lipinski definition) is 3. The quantitative estimate of drug-likeness (QED) is 0.786. The van der Waals surface area contributed by atoms with Gasteiger partial charge >= 0.3 is 12.1 Å². The van der Waals surface area contributed by atoms with Gasteiger partial charge in [-0.05, 0) is 18.1 Å². The highest BCUT2D eigenvalue weighted by Gasteiger charge is 2.25. The van der Waals surface area contributed by atoms with Crippen LogP contribution in [0.4, 0.5) is 9.59 Å². The average Bonchev–Trinajstić information content (AvgIpc) is 2.88. The van der Waals surface area contributed by atoms with Crippen LogP contribution in [0.2, 0.25) is 0 Å². The van der Waals surface area contributed by atoms with Crippen LogP contribution in [-0.4, -0.2) is 36.6 Å². The molecule has 1 aromatic heterocycles. The Bertz CT molecular complexity index is 375. The Morgan fingerprint density at radius 3 is 3.12 bits per heavy atom. The molecule has 2 heterocycles. The first-order chi connectivity index (χ1) is 7.77. The Morgan fingerprint density at radius 1 is 1.62 bits per heavy atom. The molecule has 0 saturated carbocycles. The van der Waals surface area contributed by atoms with Gasteiger partial charge in [0.1, 0.15) is 0 Å². The van der Waals surface area contributed by atoms with E-state index >= 15 is 0 Å². The molecule has 0 radical (unpaired) electrons. The first kappa shape index (κ1) is 10.5. The highest BCUT2D eigenvalue weighted by atomic mass is 16.3. The molecular formula is C10H13N3O3. The van der Waals surface area contributed by atoms with E-state index in [0.717, 1.165) is 10.5 Å². The fourth-order valence-electron chi connectivity index (χ4n) is 1.51. The summed E-state index contributed by atoms with van der Waals surface area (Å²) in [5.41, 5.74) is 1.02. The molecule has 0 spiro atoms. The number of nitrogens with one attached hydrogen (secondary N) is 2. The summed E-state index contributed by atoms with van der Waals surface area (Å²) in [7, 11) is 0. The van der Waals surface area contributed by atoms with Crippen LogP contribution >= 0.6 is 0 Å². The second-order valence-corrected chi connectivity index (χ2v) is 3.50. The van der Waals surface area contributed by atoms with Crippen molar-refractivity contribution in [3.8, 4) is 0 Å². The molecule has 0 atom stereocenters. The van der Waals surface area contributed by atoms with Crippen LogP contribution in [0.15, 0.2) is 23.0 Å². The normalized spacial score (nSPS) is 15.0. The first-order valence-electron chi connectivity index (χ1n) is 5.11. The maximum atomic E-state index is 11.5. The zero-order valence-corrected chi connectivity index (χ0v) is 8.73. The van der Waals surface area contributed by atoms with Gasteiger partial charge in [-0.3, -0.25) is 0 Å². The molecule has 6 heteroatoms. The largest absolute Gasteiger partial charge is 0.472 e. The van der Waals surface area contributed by atoms with Gasteiger partial charge in [-0.1, -0.05) is 0 Å². The minimum absolute atomic E-state index is 0.333. The zero-order valence-electron chi connectivity index (χ0n) is 8.73. The topological polar surface area (TPSA) is 74.6 Å². The van der Waals surface area contributed by atoms with Crippen molar-refractivity contribution >= 4 is 12.1 Å². The summed E-state index contributed by atoms with van der Waals surface area (Å²) in [5.74, 6) is 0. The summed E-state index contributed by atoms with van der Waals surface area (Å²) in [5, 5.41) is 5.24. The lowest BCUT2D eigenvalue weighted by molar-refractivity contribution is 0.199. The summed E-state index contributed by atoms with van der Waals surface area (Å²) in [4.78, 5) is 23.8. The lowest BCUT2D eigenvalue weighted by Crippen LogP contribution is -2.42. The van der Waals surface area contributed by atoms with Crippen molar-refractivity contribution in [1.29, 1.82) is 0 Å². The van der Waals surface area contributed by atoms with Crippen molar-refractivity contribution in [2.75, 3.05) is 19.6 Å². The number of urea groups is 2. The Hall–Kier alpha value is -1.98. The Balaban J connectivity index is 1.73. The molecule has 1 aliphatic heterocycles. The minimum Gasteiger partial charge on any atom is -0.472 e. The van der Waals surface area contributed by atoms with E-state index in [9.17, 15) is 9.59 Å². The molecule has 2 N–H and O–H groups in total. The first-order valence-corrected chi connectivity index (χ1v) is 5.11. The fourth-order valence-corrected chi connectivity index (χ4v) is 1.51. The van der Waals surface area contributed by atoms with Gasteiger partial charge in [0.15, 0.2) is 0 Å². The number of rotatable bonds is 3. The highest BCUT2D eigenvalue weighted by molar-refractivity contribution is 5.94. The molecule has 2 rings (SSSR count). The van der Waals surface area contributed by atoms with Gasteiger partial charge in [-0.2, -0.15) is 0 Å². The molecule has 1 aliphatic rings. The van der Waals surface area contributed by atoms with Gasteiger partial charge in [-0.15, -0.1) is 0 Å². The molecule has 1 fully saturated rings. The van der Waals surface area contributed by atoms with Crippen LogP contribution in [0.5, 0.6) is 0 Å². The van der Waals surface area contributed by atoms with Gasteiger partial charge < -0.3 is 15.1 Å². The molecule has 1 aromatic rings. The predicted octanol–water partition coefficient (Wildman–Crippen LogP) is 0.557. The Labute approximate surface area is 92.6 Å². The molecule has 4 amide bonds. The summed E-state index contributed by atoms with van der Waals surface area (Å²) < 4.78 is 4.90. The van der Waals surface area contributed by atoms with Crippen molar-refractivity contribution in [2.24, 2.45) is 0 Å². The van der Waals surface area contributed by atoms with Crippen molar-refractivity contribution < 1.29 is 14.0 Å². The van der Waals surface area contributed by atoms with E-state index in [0.29, 0.717) is 26.1 Å². The second kappa shape index (κ2) is 4.69. The predicted molar refractivity (Wildman–Crippen MR) is 55.9 cm³/mol. The van der Waals surface area contributed by atoms with Gasteiger partial charge in [-0.25, -0.2) is 14.5 Å². The van der Waals surface area contributed by atoms with Crippen LogP contribution in [0, 0.1) is 0 Å². The van der Waals surface area contributed by atoms with E-state index in [1.165, 1.54) is 0 Å². The number of carbonyl (C=O) groups excluding carboxylic acids is 2. The molecule has 16 heavy (non-hydrogen) atoms. The van der Waals surface area contributed by atoms with Crippen molar-refractivity contribution in [3.05, 3.63) is 24.2 Å². The summed E-state index contributed by atoms with van der Waals surface area (Å²) >= 11 is 0. The maximum absolute atomic E-state index is 11.5. The van der Waals surface area contributed by atoms with Crippen LogP contribution < -0.4 is 10.6 Å². The smallest absolute Gasteiger partial charge is 0.325 e. The van der Waals surface area contributed by atoms with E-state index in [1.54, 1.807) is 12.5 Å². The number of imide groups is 1. The van der Waals surface area contributed by atoms with Crippen LogP contribution in [0.25, 0.3) is 0 Å². The van der Waals surface area contributed by atoms with Crippen molar-refractivity contribution in [1.82, 2.24) is 15.5 Å². The van der Waals surface area contributed by atoms with Crippen LogP contribution in [0.3, 0.4) is 0 Å². The molecule has 86 valence electrons. The SMILES string of the molecule is O=C(NCCc1ccoc1)N1CCNC1=O. The average molecular weight is 223 g/mol. The number of amides is 4. The third-order valence-electron chi connectivity index (χ3n) is 2.37. The molecule has 0 bridgehead atoms. The number of carbonyl (C=O) groups is 2. The summed E-state index contributed by atoms with van der Waals surface area (Å²) in [6.45, 7) is 1.44. The van der Waals surface area contributed by atoms with Crippen LogP contribution in [0.1, 0.15) is 5.56 Å². The molecule has 1 saturated heterocycles. The minimum atomic E-state index is -0.349. The number of nitrogens with zero attached hydrogens (tertiary/aromatic N) is 1. The Kier molecular flexibility index (Phi) is 3.09. The van der Waals surface area contributed by atoms with Gasteiger partial charge in [0.2, 0.25) is 0 Å². The molecule has 0 unspecified atom stereocenters. The lowest BCUT2D eigenvalue weighted by atomic mass is 10.2. The monoisotopic (exact) mass is 223 g/mol. The van der Waals surface area contributed by atoms with Crippen LogP contribution in [-0.2, 0) is 6.42 Å².